The minimum atomic E-state index is -1.08. The number of hydrogen-bond acceptors (Lipinski definition) is 4. The first-order chi connectivity index (χ1) is 6.95. The van der Waals surface area contributed by atoms with Crippen LogP contribution in [0, 0.1) is 0 Å². The Balaban J connectivity index is -0.000000173. The standard InChI is InChI=1S/C4H6O4.C3H6.C2H8N2/c5-3(6)1-2-4(7)8;1-3-2;3-1-2-4/h1-2H2,(H,5,6)(H,7,8);3H,1H2,2H3;1-4H2. The monoisotopic (exact) mass is 220 g/mol. The second kappa shape index (κ2) is 18.4. The number of allylic oxidation sites excluding steroid dienone is 1. The van der Waals surface area contributed by atoms with Crippen molar-refractivity contribution in [3.63, 3.8) is 0 Å². The molecule has 6 N–H and O–H groups in total. The minimum Gasteiger partial charge on any atom is -0.481 e. The summed E-state index contributed by atoms with van der Waals surface area (Å²) in [7, 11) is 0. The van der Waals surface area contributed by atoms with E-state index in [-0.39, 0.29) is 12.8 Å². The molecule has 0 saturated carbocycles. The number of carbonyl (C=O) groups is 2. The highest BCUT2D eigenvalue weighted by Gasteiger charge is 2.00. The molecule has 0 spiro atoms. The highest BCUT2D eigenvalue weighted by atomic mass is 16.4. The normalized spacial score (nSPS) is 7.40. The highest BCUT2D eigenvalue weighted by molar-refractivity contribution is 5.75. The molecule has 0 heterocycles. The van der Waals surface area contributed by atoms with Crippen LogP contribution in [-0.4, -0.2) is 35.2 Å². The molecule has 0 unspecified atom stereocenters. The van der Waals surface area contributed by atoms with Gasteiger partial charge in [0, 0.05) is 13.1 Å². The fraction of sp³-hybridized carbons (Fsp3) is 0.556. The maximum absolute atomic E-state index is 9.64. The second-order valence-electron chi connectivity index (χ2n) is 2.27. The Morgan fingerprint density at radius 3 is 1.40 bits per heavy atom. The summed E-state index contributed by atoms with van der Waals surface area (Å²) in [5.41, 5.74) is 9.81. The van der Waals surface area contributed by atoms with Gasteiger partial charge in [0.1, 0.15) is 0 Å². The molecule has 6 heteroatoms. The van der Waals surface area contributed by atoms with Gasteiger partial charge >= 0.3 is 11.9 Å². The van der Waals surface area contributed by atoms with Crippen LogP contribution in [0.15, 0.2) is 12.7 Å². The van der Waals surface area contributed by atoms with Gasteiger partial charge in [0.25, 0.3) is 0 Å². The zero-order valence-corrected chi connectivity index (χ0v) is 8.98. The number of nitrogens with two attached hydrogens (primary N) is 2. The Hall–Kier alpha value is -1.40. The van der Waals surface area contributed by atoms with Crippen molar-refractivity contribution in [3.8, 4) is 0 Å². The Bertz CT molecular complexity index is 155. The summed E-state index contributed by atoms with van der Waals surface area (Å²) in [4.78, 5) is 19.3. The van der Waals surface area contributed by atoms with E-state index in [1.165, 1.54) is 0 Å². The molecule has 6 nitrogen and oxygen atoms in total. The van der Waals surface area contributed by atoms with Gasteiger partial charge < -0.3 is 21.7 Å². The van der Waals surface area contributed by atoms with Crippen molar-refractivity contribution in [2.45, 2.75) is 19.8 Å². The summed E-state index contributed by atoms with van der Waals surface area (Å²) in [6, 6.07) is 0. The van der Waals surface area contributed by atoms with Gasteiger partial charge in [0.15, 0.2) is 0 Å². The topological polar surface area (TPSA) is 127 Å². The average molecular weight is 220 g/mol. The van der Waals surface area contributed by atoms with Crippen LogP contribution in [0.5, 0.6) is 0 Å². The van der Waals surface area contributed by atoms with E-state index in [1.807, 2.05) is 6.92 Å². The summed E-state index contributed by atoms with van der Waals surface area (Å²) < 4.78 is 0. The van der Waals surface area contributed by atoms with Crippen molar-refractivity contribution in [1.29, 1.82) is 0 Å². The fourth-order valence-electron chi connectivity index (χ4n) is 0.214. The third kappa shape index (κ3) is 66.9. The summed E-state index contributed by atoms with van der Waals surface area (Å²) in [5.74, 6) is -2.15. The van der Waals surface area contributed by atoms with Crippen molar-refractivity contribution in [2.75, 3.05) is 13.1 Å². The minimum absolute atomic E-state index is 0.296. The average Bonchev–Trinajstić information content (AvgIpc) is 2.16. The molecule has 0 rings (SSSR count). The van der Waals surface area contributed by atoms with Crippen LogP contribution in [0.4, 0.5) is 0 Å². The van der Waals surface area contributed by atoms with E-state index >= 15 is 0 Å². The van der Waals surface area contributed by atoms with Gasteiger partial charge in [-0.2, -0.15) is 0 Å². The summed E-state index contributed by atoms with van der Waals surface area (Å²) in [6.45, 7) is 6.44. The molecule has 0 aliphatic carbocycles. The van der Waals surface area contributed by atoms with Gasteiger partial charge in [0.2, 0.25) is 0 Å². The third-order valence-electron chi connectivity index (χ3n) is 0.719. The SMILES string of the molecule is C=CC.NCCN.O=C(O)CCC(=O)O. The van der Waals surface area contributed by atoms with Crippen molar-refractivity contribution >= 4 is 11.9 Å². The van der Waals surface area contributed by atoms with E-state index in [1.54, 1.807) is 6.08 Å². The second-order valence-corrected chi connectivity index (χ2v) is 2.27. The van der Waals surface area contributed by atoms with Gasteiger partial charge in [-0.25, -0.2) is 0 Å². The van der Waals surface area contributed by atoms with Gasteiger partial charge in [-0.1, -0.05) is 6.08 Å². The van der Waals surface area contributed by atoms with Crippen LogP contribution in [-0.2, 0) is 9.59 Å². The largest absolute Gasteiger partial charge is 0.481 e. The van der Waals surface area contributed by atoms with Crippen LogP contribution in [0.2, 0.25) is 0 Å². The number of hydrogen-bond donors (Lipinski definition) is 4. The van der Waals surface area contributed by atoms with Gasteiger partial charge in [-0.05, 0) is 6.92 Å². The lowest BCUT2D eigenvalue weighted by Crippen LogP contribution is -2.11. The fourth-order valence-corrected chi connectivity index (χ4v) is 0.214. The molecular formula is C9H20N2O4. The molecule has 0 aliphatic rings. The first-order valence-electron chi connectivity index (χ1n) is 4.36. The number of rotatable bonds is 4. The van der Waals surface area contributed by atoms with Crippen LogP contribution in [0.25, 0.3) is 0 Å². The van der Waals surface area contributed by atoms with Crippen LogP contribution in [0.3, 0.4) is 0 Å². The van der Waals surface area contributed by atoms with Crippen LogP contribution in [0.1, 0.15) is 19.8 Å². The molecule has 0 atom stereocenters. The Morgan fingerprint density at radius 2 is 1.33 bits per heavy atom. The third-order valence-corrected chi connectivity index (χ3v) is 0.719. The number of carboxylic acid groups (broad SMARTS) is 2. The maximum atomic E-state index is 9.64. The zero-order chi connectivity index (χ0) is 12.7. The Kier molecular flexibility index (Phi) is 23.6. The molecule has 90 valence electrons. The molecule has 0 saturated heterocycles. The molecular weight excluding hydrogens is 200 g/mol. The molecule has 0 aliphatic heterocycles. The molecule has 0 aromatic heterocycles. The number of aliphatic carboxylic acids is 2. The first kappa shape index (κ1) is 19.2. The smallest absolute Gasteiger partial charge is 0.303 e. The zero-order valence-electron chi connectivity index (χ0n) is 8.98. The van der Waals surface area contributed by atoms with Crippen molar-refractivity contribution in [3.05, 3.63) is 12.7 Å². The first-order valence-corrected chi connectivity index (χ1v) is 4.36. The van der Waals surface area contributed by atoms with Crippen molar-refractivity contribution < 1.29 is 19.8 Å². The van der Waals surface area contributed by atoms with Crippen LogP contribution < -0.4 is 11.5 Å². The molecule has 0 fully saturated rings. The van der Waals surface area contributed by atoms with Gasteiger partial charge in [0.05, 0.1) is 12.8 Å². The van der Waals surface area contributed by atoms with E-state index in [0.29, 0.717) is 13.1 Å². The van der Waals surface area contributed by atoms with E-state index in [4.69, 9.17) is 21.7 Å². The summed E-state index contributed by atoms with van der Waals surface area (Å²) >= 11 is 0. The molecule has 0 aromatic carbocycles. The van der Waals surface area contributed by atoms with Crippen LogP contribution >= 0.6 is 0 Å². The van der Waals surface area contributed by atoms with E-state index in [2.05, 4.69) is 6.58 Å². The predicted molar refractivity (Wildman–Crippen MR) is 58.5 cm³/mol. The van der Waals surface area contributed by atoms with Gasteiger partial charge in [-0.3, -0.25) is 9.59 Å². The molecule has 0 radical (unpaired) electrons. The van der Waals surface area contributed by atoms with E-state index in [9.17, 15) is 9.59 Å². The predicted octanol–water partition coefficient (Wildman–Crippen LogP) is 0.0319. The lowest BCUT2D eigenvalue weighted by Gasteiger charge is -1.85. The van der Waals surface area contributed by atoms with E-state index < -0.39 is 11.9 Å². The van der Waals surface area contributed by atoms with Crippen molar-refractivity contribution in [2.24, 2.45) is 11.5 Å². The number of carboxylic acids is 2. The maximum Gasteiger partial charge on any atom is 0.303 e. The summed E-state index contributed by atoms with van der Waals surface area (Å²) in [6.07, 6.45) is 1.16. The lowest BCUT2D eigenvalue weighted by molar-refractivity contribution is -0.143. The molecule has 15 heavy (non-hydrogen) atoms. The molecule has 0 amide bonds. The highest BCUT2D eigenvalue weighted by Crippen LogP contribution is 1.86. The summed E-state index contributed by atoms with van der Waals surface area (Å²) in [5, 5.41) is 15.8. The lowest BCUT2D eigenvalue weighted by atomic mass is 10.3. The molecule has 0 bridgehead atoms. The Labute approximate surface area is 89.6 Å². The van der Waals surface area contributed by atoms with E-state index in [0.717, 1.165) is 0 Å². The Morgan fingerprint density at radius 1 is 1.13 bits per heavy atom. The van der Waals surface area contributed by atoms with Gasteiger partial charge in [-0.15, -0.1) is 6.58 Å². The van der Waals surface area contributed by atoms with Crippen molar-refractivity contribution in [1.82, 2.24) is 0 Å². The molecule has 0 aromatic rings. The quantitative estimate of drug-likeness (QED) is 0.495.